The van der Waals surface area contributed by atoms with E-state index in [4.69, 9.17) is 17.0 Å². The van der Waals surface area contributed by atoms with Crippen molar-refractivity contribution in [1.29, 1.82) is 0 Å². The van der Waals surface area contributed by atoms with Crippen molar-refractivity contribution in [2.75, 3.05) is 11.9 Å². The van der Waals surface area contributed by atoms with Crippen LogP contribution < -0.4 is 5.32 Å². The Balaban J connectivity index is 2.12. The fraction of sp³-hybridized carbons (Fsp3) is 0.500. The molecule has 0 fully saturated rings. The van der Waals surface area contributed by atoms with Crippen LogP contribution in [-0.2, 0) is 11.2 Å². The molecular weight excluding hydrogens is 244 g/mol. The van der Waals surface area contributed by atoms with E-state index in [2.05, 4.69) is 10.3 Å². The molecule has 1 aliphatic carbocycles. The average Bonchev–Trinajstić information content (AvgIpc) is 2.62. The lowest BCUT2D eigenvalue weighted by atomic mass is 10.0. The molecule has 1 N–H and O–H groups in total. The Morgan fingerprint density at radius 3 is 3.12 bits per heavy atom. The maximum absolute atomic E-state index is 11.6. The minimum Gasteiger partial charge on any atom is -0.471 e. The maximum atomic E-state index is 11.6. The number of ether oxygens (including phenoxy) is 1. The van der Waals surface area contributed by atoms with E-state index < -0.39 is 0 Å². The number of thiazole rings is 1. The van der Waals surface area contributed by atoms with Crippen LogP contribution in [0.3, 0.4) is 0 Å². The summed E-state index contributed by atoms with van der Waals surface area (Å²) in [5.74, 6) is 0.189. The largest absolute Gasteiger partial charge is 0.471 e. The van der Waals surface area contributed by atoms with Crippen LogP contribution in [0.5, 0.6) is 0 Å². The Kier molecular flexibility index (Phi) is 3.50. The summed E-state index contributed by atoms with van der Waals surface area (Å²) in [4.78, 5) is 16.7. The van der Waals surface area contributed by atoms with Gasteiger partial charge in [-0.2, -0.15) is 0 Å². The van der Waals surface area contributed by atoms with Gasteiger partial charge in [-0.15, -0.1) is 0 Å². The number of hydrogen-bond acceptors (Lipinski definition) is 5. The third-order valence-corrected chi connectivity index (χ3v) is 3.53. The van der Waals surface area contributed by atoms with E-state index in [1.807, 2.05) is 6.92 Å². The number of carbonyl (C=O) groups excluding carboxylic acids is 1. The number of hydrogen-bond donors (Lipinski definition) is 1. The first-order chi connectivity index (χ1) is 7.70. The molecule has 0 spiro atoms. The molecule has 16 heavy (non-hydrogen) atoms. The van der Waals surface area contributed by atoms with Gasteiger partial charge in [-0.1, -0.05) is 11.3 Å². The smallest absolute Gasteiger partial charge is 0.262 e. The highest BCUT2D eigenvalue weighted by atomic mass is 32.1. The topological polar surface area (TPSA) is 51.2 Å². The van der Waals surface area contributed by atoms with Crippen LogP contribution in [0.25, 0.3) is 0 Å². The first kappa shape index (κ1) is 11.5. The predicted molar refractivity (Wildman–Crippen MR) is 67.2 cm³/mol. The molecule has 0 aromatic carbocycles. The highest BCUT2D eigenvalue weighted by Crippen LogP contribution is 2.29. The van der Waals surface area contributed by atoms with Gasteiger partial charge in [0.15, 0.2) is 10.9 Å². The molecule has 1 aliphatic rings. The summed E-state index contributed by atoms with van der Waals surface area (Å²) in [6.07, 6.45) is 2.40. The molecule has 2 rings (SSSR count). The van der Waals surface area contributed by atoms with Crippen LogP contribution in [0.4, 0.5) is 5.13 Å². The molecule has 0 atom stereocenters. The first-order valence-corrected chi connectivity index (χ1v) is 6.40. The molecule has 1 heterocycles. The third-order valence-electron chi connectivity index (χ3n) is 2.25. The van der Waals surface area contributed by atoms with E-state index >= 15 is 0 Å². The average molecular weight is 256 g/mol. The number of anilines is 1. The van der Waals surface area contributed by atoms with Crippen molar-refractivity contribution in [2.45, 2.75) is 26.2 Å². The number of fused-ring (bicyclic) bond motifs is 1. The fourth-order valence-corrected chi connectivity index (χ4v) is 2.83. The fourth-order valence-electron chi connectivity index (χ4n) is 1.58. The zero-order valence-electron chi connectivity index (χ0n) is 8.91. The molecular formula is C10H12N2O2S2. The standard InChI is InChI=1S/C10H12N2O2S2/c1-2-14-10(15)12-9-11-6-4-3-5-7(13)8(6)16-9/h2-5H2,1H3,(H,11,12,15). The minimum absolute atomic E-state index is 0.189. The summed E-state index contributed by atoms with van der Waals surface area (Å²) in [6.45, 7) is 2.39. The van der Waals surface area contributed by atoms with Gasteiger partial charge in [-0.3, -0.25) is 10.1 Å². The van der Waals surface area contributed by atoms with Crippen LogP contribution >= 0.6 is 23.6 Å². The molecule has 0 unspecified atom stereocenters. The van der Waals surface area contributed by atoms with E-state index in [1.165, 1.54) is 11.3 Å². The molecule has 0 saturated carbocycles. The molecule has 0 amide bonds. The SMILES string of the molecule is CCOC(=S)Nc1nc2c(s1)C(=O)CCC2. The summed E-state index contributed by atoms with van der Waals surface area (Å²) in [6, 6.07) is 0. The van der Waals surface area contributed by atoms with E-state index in [-0.39, 0.29) is 5.78 Å². The van der Waals surface area contributed by atoms with Crippen LogP contribution in [0.1, 0.15) is 35.1 Å². The molecule has 0 radical (unpaired) electrons. The Bertz CT molecular complexity index is 428. The second-order valence-electron chi connectivity index (χ2n) is 3.42. The summed E-state index contributed by atoms with van der Waals surface area (Å²) in [5, 5.41) is 3.84. The van der Waals surface area contributed by atoms with E-state index in [9.17, 15) is 4.79 Å². The molecule has 86 valence electrons. The van der Waals surface area contributed by atoms with Crippen molar-refractivity contribution >= 4 is 39.6 Å². The zero-order chi connectivity index (χ0) is 11.5. The van der Waals surface area contributed by atoms with Gasteiger partial charge in [0.2, 0.25) is 0 Å². The Morgan fingerprint density at radius 1 is 1.62 bits per heavy atom. The quantitative estimate of drug-likeness (QED) is 0.823. The summed E-state index contributed by atoms with van der Waals surface area (Å²) < 4.78 is 5.11. The van der Waals surface area contributed by atoms with Gasteiger partial charge in [0.25, 0.3) is 5.17 Å². The van der Waals surface area contributed by atoms with E-state index in [1.54, 1.807) is 0 Å². The second-order valence-corrected chi connectivity index (χ2v) is 4.79. The number of nitrogens with zero attached hydrogens (tertiary/aromatic N) is 1. The van der Waals surface area contributed by atoms with Gasteiger partial charge in [0.05, 0.1) is 17.2 Å². The Labute approximate surface area is 103 Å². The number of aromatic nitrogens is 1. The lowest BCUT2D eigenvalue weighted by molar-refractivity contribution is 0.0976. The number of aryl methyl sites for hydroxylation is 1. The summed E-state index contributed by atoms with van der Waals surface area (Å²) in [7, 11) is 0. The number of rotatable bonds is 2. The van der Waals surface area contributed by atoms with Gasteiger partial charge in [-0.25, -0.2) is 4.98 Å². The van der Waals surface area contributed by atoms with Crippen molar-refractivity contribution in [1.82, 2.24) is 4.98 Å². The van der Waals surface area contributed by atoms with Gasteiger partial charge < -0.3 is 4.74 Å². The van der Waals surface area contributed by atoms with Gasteiger partial charge >= 0.3 is 0 Å². The lowest BCUT2D eigenvalue weighted by Gasteiger charge is -2.05. The van der Waals surface area contributed by atoms with E-state index in [0.29, 0.717) is 23.3 Å². The van der Waals surface area contributed by atoms with Crippen LogP contribution in [0, 0.1) is 0 Å². The molecule has 0 bridgehead atoms. The number of Topliss-reactive ketones (excluding diaryl/α,β-unsaturated/α-hetero) is 1. The van der Waals surface area contributed by atoms with Crippen molar-refractivity contribution in [2.24, 2.45) is 0 Å². The highest BCUT2D eigenvalue weighted by Gasteiger charge is 2.22. The summed E-state index contributed by atoms with van der Waals surface area (Å²) in [5.41, 5.74) is 0.892. The van der Waals surface area contributed by atoms with Gasteiger partial charge in [-0.05, 0) is 32.0 Å². The maximum Gasteiger partial charge on any atom is 0.262 e. The highest BCUT2D eigenvalue weighted by molar-refractivity contribution is 7.80. The monoisotopic (exact) mass is 256 g/mol. The third kappa shape index (κ3) is 2.38. The minimum atomic E-state index is 0.189. The number of carbonyl (C=O) groups is 1. The van der Waals surface area contributed by atoms with Crippen molar-refractivity contribution < 1.29 is 9.53 Å². The van der Waals surface area contributed by atoms with E-state index in [0.717, 1.165) is 23.4 Å². The lowest BCUT2D eigenvalue weighted by Crippen LogP contribution is -2.12. The van der Waals surface area contributed by atoms with Crippen LogP contribution in [0.15, 0.2) is 0 Å². The normalized spacial score (nSPS) is 14.4. The number of nitrogens with one attached hydrogen (secondary N) is 1. The van der Waals surface area contributed by atoms with Crippen LogP contribution in [-0.4, -0.2) is 22.5 Å². The van der Waals surface area contributed by atoms with Gasteiger partial charge in [0, 0.05) is 6.42 Å². The molecule has 1 aromatic heterocycles. The zero-order valence-corrected chi connectivity index (χ0v) is 10.5. The Morgan fingerprint density at radius 2 is 2.44 bits per heavy atom. The molecule has 0 saturated heterocycles. The first-order valence-electron chi connectivity index (χ1n) is 5.17. The molecule has 0 aliphatic heterocycles. The molecule has 4 nitrogen and oxygen atoms in total. The molecule has 6 heteroatoms. The van der Waals surface area contributed by atoms with Gasteiger partial charge in [0.1, 0.15) is 0 Å². The van der Waals surface area contributed by atoms with Crippen LogP contribution in [0.2, 0.25) is 0 Å². The second kappa shape index (κ2) is 4.88. The molecule has 1 aromatic rings. The Hall–Kier alpha value is -1.01. The number of thiocarbonyl (C=S) groups is 1. The predicted octanol–water partition coefficient (Wildman–Crippen LogP) is 2.40. The number of ketones is 1. The van der Waals surface area contributed by atoms with Crippen molar-refractivity contribution in [3.8, 4) is 0 Å². The van der Waals surface area contributed by atoms with Crippen molar-refractivity contribution in [3.63, 3.8) is 0 Å². The summed E-state index contributed by atoms with van der Waals surface area (Å²) >= 11 is 6.31. The van der Waals surface area contributed by atoms with Crippen molar-refractivity contribution in [3.05, 3.63) is 10.6 Å².